The van der Waals surface area contributed by atoms with Crippen LogP contribution in [-0.2, 0) is 11.3 Å². The molecule has 0 saturated heterocycles. The van der Waals surface area contributed by atoms with Crippen LogP contribution in [0.25, 0.3) is 11.0 Å². The van der Waals surface area contributed by atoms with Crippen LogP contribution in [-0.4, -0.2) is 27.6 Å². The van der Waals surface area contributed by atoms with Gasteiger partial charge in [-0.05, 0) is 36.8 Å². The van der Waals surface area contributed by atoms with Crippen LogP contribution in [0.3, 0.4) is 0 Å². The highest BCUT2D eigenvalue weighted by Crippen LogP contribution is 2.18. The predicted octanol–water partition coefficient (Wildman–Crippen LogP) is 3.25. The molecule has 0 amide bonds. The fraction of sp³-hybridized carbons (Fsp3) is 0.176. The summed E-state index contributed by atoms with van der Waals surface area (Å²) in [4.78, 5) is 32.3. The van der Waals surface area contributed by atoms with Crippen molar-refractivity contribution < 1.29 is 9.53 Å². The quantitative estimate of drug-likeness (QED) is 0.561. The molecule has 3 rings (SSSR count). The summed E-state index contributed by atoms with van der Waals surface area (Å²) < 4.78 is 6.34. The van der Waals surface area contributed by atoms with Crippen molar-refractivity contribution in [2.45, 2.75) is 13.5 Å². The number of hydrogen-bond acceptors (Lipinski definition) is 5. The molecular weight excluding hydrogens is 362 g/mol. The van der Waals surface area contributed by atoms with E-state index in [0.717, 1.165) is 5.56 Å². The maximum absolute atomic E-state index is 13.0. The molecule has 0 spiro atoms. The van der Waals surface area contributed by atoms with Gasteiger partial charge in [0.25, 0.3) is 5.56 Å². The Bertz CT molecular complexity index is 1100. The molecule has 2 heterocycles. The number of halogens is 1. The van der Waals surface area contributed by atoms with Crippen LogP contribution in [0.15, 0.2) is 35.1 Å². The van der Waals surface area contributed by atoms with Crippen LogP contribution in [0.1, 0.15) is 21.6 Å². The van der Waals surface area contributed by atoms with Crippen molar-refractivity contribution >= 4 is 40.8 Å². The number of aromatic nitrogens is 3. The van der Waals surface area contributed by atoms with Gasteiger partial charge in [-0.2, -0.15) is 0 Å². The topological polar surface area (TPSA) is 77.0 Å². The summed E-state index contributed by atoms with van der Waals surface area (Å²) in [5.41, 5.74) is 1.29. The SMILES string of the molecule is COC(=O)c1cc(C)nc2[nH]c(=S)n(Cc3ccccc3Cl)c(=O)c12. The number of ether oxygens (including phenoxy) is 1. The number of carbonyl (C=O) groups is 1. The molecule has 128 valence electrons. The molecule has 1 aromatic carbocycles. The van der Waals surface area contributed by atoms with E-state index in [1.54, 1.807) is 19.1 Å². The largest absolute Gasteiger partial charge is 0.465 e. The van der Waals surface area contributed by atoms with Crippen molar-refractivity contribution in [2.24, 2.45) is 0 Å². The summed E-state index contributed by atoms with van der Waals surface area (Å²) in [6.07, 6.45) is 0. The van der Waals surface area contributed by atoms with E-state index < -0.39 is 11.5 Å². The molecule has 0 atom stereocenters. The Kier molecular flexibility index (Phi) is 4.69. The standard InChI is InChI=1S/C17H14ClN3O3S/c1-9-7-11(16(23)24-2)13-14(19-9)20-17(25)21(15(13)22)8-10-5-3-4-6-12(10)18/h3-7H,8H2,1-2H3,(H,19,20,25). The number of esters is 1. The first-order chi connectivity index (χ1) is 11.9. The number of H-pyrrole nitrogens is 1. The molecule has 1 N–H and O–H groups in total. The van der Waals surface area contributed by atoms with Crippen LogP contribution in [0.2, 0.25) is 5.02 Å². The molecule has 0 aliphatic rings. The highest BCUT2D eigenvalue weighted by Gasteiger charge is 2.18. The Hall–Kier alpha value is -2.51. The van der Waals surface area contributed by atoms with Crippen molar-refractivity contribution in [3.63, 3.8) is 0 Å². The smallest absolute Gasteiger partial charge is 0.338 e. The van der Waals surface area contributed by atoms with E-state index in [0.29, 0.717) is 10.7 Å². The fourth-order valence-corrected chi connectivity index (χ4v) is 3.03. The summed E-state index contributed by atoms with van der Waals surface area (Å²) in [7, 11) is 1.26. The minimum absolute atomic E-state index is 0.137. The third kappa shape index (κ3) is 3.20. The van der Waals surface area contributed by atoms with Crippen LogP contribution in [0.4, 0.5) is 0 Å². The summed E-state index contributed by atoms with van der Waals surface area (Å²) >= 11 is 11.5. The van der Waals surface area contributed by atoms with Gasteiger partial charge in [0.1, 0.15) is 5.65 Å². The minimum atomic E-state index is -0.609. The van der Waals surface area contributed by atoms with Gasteiger partial charge in [-0.15, -0.1) is 0 Å². The van der Waals surface area contributed by atoms with Crippen molar-refractivity contribution in [3.05, 3.63) is 67.3 Å². The van der Waals surface area contributed by atoms with Crippen LogP contribution >= 0.6 is 23.8 Å². The zero-order chi connectivity index (χ0) is 18.1. The molecular formula is C17H14ClN3O3S. The zero-order valence-corrected chi connectivity index (χ0v) is 15.1. The molecule has 0 bridgehead atoms. The minimum Gasteiger partial charge on any atom is -0.465 e. The molecule has 25 heavy (non-hydrogen) atoms. The third-order valence-corrected chi connectivity index (χ3v) is 4.46. The Morgan fingerprint density at radius 3 is 2.80 bits per heavy atom. The van der Waals surface area contributed by atoms with Gasteiger partial charge in [-0.25, -0.2) is 9.78 Å². The second-order valence-corrected chi connectivity index (χ2v) is 6.23. The van der Waals surface area contributed by atoms with Crippen molar-refractivity contribution in [3.8, 4) is 0 Å². The van der Waals surface area contributed by atoms with Crippen molar-refractivity contribution in [1.82, 2.24) is 14.5 Å². The number of aryl methyl sites for hydroxylation is 1. The lowest BCUT2D eigenvalue weighted by atomic mass is 10.1. The monoisotopic (exact) mass is 375 g/mol. The molecule has 6 nitrogen and oxygen atoms in total. The van der Waals surface area contributed by atoms with Gasteiger partial charge in [0.05, 0.1) is 24.6 Å². The van der Waals surface area contributed by atoms with E-state index in [2.05, 4.69) is 9.97 Å². The van der Waals surface area contributed by atoms with E-state index in [9.17, 15) is 9.59 Å². The molecule has 8 heteroatoms. The lowest BCUT2D eigenvalue weighted by Gasteiger charge is -2.11. The van der Waals surface area contributed by atoms with Gasteiger partial charge in [-0.3, -0.25) is 9.36 Å². The van der Waals surface area contributed by atoms with Crippen LogP contribution in [0, 0.1) is 11.7 Å². The number of fused-ring (bicyclic) bond motifs is 1. The number of methoxy groups -OCH3 is 1. The number of aromatic amines is 1. The van der Waals surface area contributed by atoms with E-state index in [4.69, 9.17) is 28.6 Å². The van der Waals surface area contributed by atoms with E-state index in [1.807, 2.05) is 12.1 Å². The molecule has 2 aromatic heterocycles. The molecule has 0 saturated carbocycles. The Labute approximate surface area is 153 Å². The number of carbonyl (C=O) groups excluding carboxylic acids is 1. The van der Waals surface area contributed by atoms with E-state index in [-0.39, 0.29) is 27.9 Å². The van der Waals surface area contributed by atoms with Gasteiger partial charge in [0.15, 0.2) is 4.77 Å². The molecule has 3 aromatic rings. The van der Waals surface area contributed by atoms with Crippen LogP contribution < -0.4 is 5.56 Å². The summed E-state index contributed by atoms with van der Waals surface area (Å²) in [6.45, 7) is 1.90. The second kappa shape index (κ2) is 6.78. The first-order valence-corrected chi connectivity index (χ1v) is 8.17. The summed E-state index contributed by atoms with van der Waals surface area (Å²) in [6, 6.07) is 8.69. The molecule has 0 unspecified atom stereocenters. The van der Waals surface area contributed by atoms with Crippen molar-refractivity contribution in [2.75, 3.05) is 7.11 Å². The van der Waals surface area contributed by atoms with Crippen LogP contribution in [0.5, 0.6) is 0 Å². The number of hydrogen-bond donors (Lipinski definition) is 1. The van der Waals surface area contributed by atoms with Gasteiger partial charge in [0.2, 0.25) is 0 Å². The molecule has 0 aliphatic heterocycles. The Morgan fingerprint density at radius 2 is 2.12 bits per heavy atom. The van der Waals surface area contributed by atoms with E-state index in [1.165, 1.54) is 17.7 Å². The second-order valence-electron chi connectivity index (χ2n) is 5.44. The normalized spacial score (nSPS) is 10.8. The lowest BCUT2D eigenvalue weighted by molar-refractivity contribution is 0.0602. The third-order valence-electron chi connectivity index (χ3n) is 3.77. The first kappa shape index (κ1) is 17.3. The van der Waals surface area contributed by atoms with Gasteiger partial charge >= 0.3 is 5.97 Å². The van der Waals surface area contributed by atoms with Crippen molar-refractivity contribution in [1.29, 1.82) is 0 Å². The average Bonchev–Trinajstić information content (AvgIpc) is 2.58. The highest BCUT2D eigenvalue weighted by molar-refractivity contribution is 7.71. The number of nitrogens with zero attached hydrogens (tertiary/aromatic N) is 2. The average molecular weight is 376 g/mol. The number of nitrogens with one attached hydrogen (secondary N) is 1. The Morgan fingerprint density at radius 1 is 1.40 bits per heavy atom. The molecule has 0 radical (unpaired) electrons. The maximum atomic E-state index is 13.0. The summed E-state index contributed by atoms with van der Waals surface area (Å²) in [5, 5.41) is 0.664. The lowest BCUT2D eigenvalue weighted by Crippen LogP contribution is -2.25. The molecule has 0 aliphatic carbocycles. The number of pyridine rings is 1. The Balaban J connectivity index is 2.30. The van der Waals surface area contributed by atoms with E-state index >= 15 is 0 Å². The van der Waals surface area contributed by atoms with Gasteiger partial charge in [-0.1, -0.05) is 29.8 Å². The number of rotatable bonds is 3. The fourth-order valence-electron chi connectivity index (χ4n) is 2.59. The predicted molar refractivity (Wildman–Crippen MR) is 97.8 cm³/mol. The zero-order valence-electron chi connectivity index (χ0n) is 13.5. The molecule has 0 fully saturated rings. The van der Waals surface area contributed by atoms with Gasteiger partial charge < -0.3 is 9.72 Å². The maximum Gasteiger partial charge on any atom is 0.338 e. The first-order valence-electron chi connectivity index (χ1n) is 7.38. The van der Waals surface area contributed by atoms with Gasteiger partial charge in [0, 0.05) is 10.7 Å². The number of benzene rings is 1. The highest BCUT2D eigenvalue weighted by atomic mass is 35.5. The summed E-state index contributed by atoms with van der Waals surface area (Å²) in [5.74, 6) is -0.609.